The fourth-order valence-corrected chi connectivity index (χ4v) is 10.2. The van der Waals surface area contributed by atoms with Gasteiger partial charge in [0.25, 0.3) is 0 Å². The first-order chi connectivity index (χ1) is 31.3. The maximum atomic E-state index is 5.44. The number of hydrogen-bond acceptors (Lipinski definition) is 2. The summed E-state index contributed by atoms with van der Waals surface area (Å²) in [5.74, 6) is 0.692. The van der Waals surface area contributed by atoms with Crippen LogP contribution in [0.2, 0.25) is 0 Å². The van der Waals surface area contributed by atoms with Gasteiger partial charge < -0.3 is 0 Å². The van der Waals surface area contributed by atoms with E-state index in [1.165, 1.54) is 55.3 Å². The van der Waals surface area contributed by atoms with Crippen molar-refractivity contribution in [3.63, 3.8) is 0 Å². The molecular formula is C61H40N2. The van der Waals surface area contributed by atoms with Crippen LogP contribution in [0.25, 0.3) is 88.8 Å². The molecule has 0 saturated carbocycles. The molecule has 1 aromatic heterocycles. The lowest BCUT2D eigenvalue weighted by Crippen LogP contribution is -2.29. The molecule has 0 amide bonds. The lowest BCUT2D eigenvalue weighted by molar-refractivity contribution is 0.771. The third-order valence-corrected chi connectivity index (χ3v) is 13.0. The zero-order valence-electron chi connectivity index (χ0n) is 34.5. The predicted molar refractivity (Wildman–Crippen MR) is 262 cm³/mol. The van der Waals surface area contributed by atoms with Gasteiger partial charge in [-0.05, 0) is 101 Å². The smallest absolute Gasteiger partial charge is 0.161 e. The molecule has 63 heavy (non-hydrogen) atoms. The standard InChI is InChI=1S/C61H40N2/c1-5-20-41(21-6-1)47-30-15-18-33-51(47)58-40-57(42-22-7-2-8-23-42)62-60(63-58)54-37-36-50(48-31-16-17-32-49(48)54)52-34-19-35-53-55-38-43-24-13-14-25-44(43)39-56(55)61(59(52)53,45-26-9-3-10-27-45)46-28-11-4-12-29-46/h1-40H. The second kappa shape index (κ2) is 15.1. The van der Waals surface area contributed by atoms with Gasteiger partial charge in [-0.15, -0.1) is 0 Å². The molecule has 0 atom stereocenters. The fraction of sp³-hybridized carbons (Fsp3) is 0.0164. The van der Waals surface area contributed by atoms with E-state index in [9.17, 15) is 0 Å². The lowest BCUT2D eigenvalue weighted by atomic mass is 9.66. The molecule has 0 aliphatic heterocycles. The van der Waals surface area contributed by atoms with Crippen LogP contribution in [0.4, 0.5) is 0 Å². The van der Waals surface area contributed by atoms with Crippen molar-refractivity contribution < 1.29 is 0 Å². The number of fused-ring (bicyclic) bond motifs is 5. The van der Waals surface area contributed by atoms with Crippen molar-refractivity contribution in [2.75, 3.05) is 0 Å². The molecule has 0 saturated heterocycles. The Morgan fingerprint density at radius 1 is 0.286 bits per heavy atom. The monoisotopic (exact) mass is 800 g/mol. The first kappa shape index (κ1) is 36.6. The van der Waals surface area contributed by atoms with Crippen LogP contribution in [0.15, 0.2) is 243 Å². The van der Waals surface area contributed by atoms with E-state index in [0.29, 0.717) is 5.82 Å². The zero-order valence-corrected chi connectivity index (χ0v) is 34.5. The van der Waals surface area contributed by atoms with Gasteiger partial charge in [-0.3, -0.25) is 0 Å². The number of hydrogen-bond donors (Lipinski definition) is 0. The minimum Gasteiger partial charge on any atom is -0.228 e. The van der Waals surface area contributed by atoms with Gasteiger partial charge in [-0.1, -0.05) is 218 Å². The van der Waals surface area contributed by atoms with Gasteiger partial charge >= 0.3 is 0 Å². The minimum atomic E-state index is -0.582. The highest BCUT2D eigenvalue weighted by molar-refractivity contribution is 6.07. The molecule has 10 aromatic carbocycles. The van der Waals surface area contributed by atoms with E-state index >= 15 is 0 Å². The zero-order chi connectivity index (χ0) is 41.7. The molecule has 294 valence electrons. The molecule has 2 heteroatoms. The van der Waals surface area contributed by atoms with Crippen LogP contribution in [-0.2, 0) is 5.41 Å². The first-order valence-electron chi connectivity index (χ1n) is 21.7. The Balaban J connectivity index is 1.12. The fourth-order valence-electron chi connectivity index (χ4n) is 10.2. The molecule has 1 aliphatic rings. The molecule has 11 aromatic rings. The quantitative estimate of drug-likeness (QED) is 0.160. The molecule has 0 unspecified atom stereocenters. The number of benzene rings is 10. The molecule has 1 heterocycles. The van der Waals surface area contributed by atoms with Crippen LogP contribution in [0.3, 0.4) is 0 Å². The summed E-state index contributed by atoms with van der Waals surface area (Å²) in [5.41, 5.74) is 16.6. The third kappa shape index (κ3) is 5.95. The highest BCUT2D eigenvalue weighted by Crippen LogP contribution is 2.60. The Kier molecular flexibility index (Phi) is 8.76. The molecule has 0 bridgehead atoms. The Bertz CT molecular complexity index is 3450. The Labute approximate surface area is 367 Å². The summed E-state index contributed by atoms with van der Waals surface area (Å²) < 4.78 is 0. The van der Waals surface area contributed by atoms with Gasteiger partial charge in [0, 0.05) is 16.7 Å². The summed E-state index contributed by atoms with van der Waals surface area (Å²) in [4.78, 5) is 10.8. The summed E-state index contributed by atoms with van der Waals surface area (Å²) in [6, 6.07) is 87.8. The molecule has 0 fully saturated rings. The van der Waals surface area contributed by atoms with Crippen molar-refractivity contribution in [3.8, 4) is 67.3 Å². The normalized spacial score (nSPS) is 12.6. The number of nitrogens with zero attached hydrogens (tertiary/aromatic N) is 2. The number of aromatic nitrogens is 2. The maximum absolute atomic E-state index is 5.44. The van der Waals surface area contributed by atoms with E-state index in [4.69, 9.17) is 9.97 Å². The SMILES string of the molecule is c1ccc(-c2cc(-c3ccccc3-c3ccccc3)nc(-c3ccc(-c4cccc5c4C(c4ccccc4)(c4ccccc4)c4cc6ccccc6cc4-5)c4ccccc34)n2)cc1. The van der Waals surface area contributed by atoms with Gasteiger partial charge in [0.2, 0.25) is 0 Å². The highest BCUT2D eigenvalue weighted by Gasteiger charge is 2.48. The third-order valence-electron chi connectivity index (χ3n) is 13.0. The van der Waals surface area contributed by atoms with Gasteiger partial charge in [-0.2, -0.15) is 0 Å². The van der Waals surface area contributed by atoms with Crippen LogP contribution in [0.5, 0.6) is 0 Å². The Morgan fingerprint density at radius 3 is 1.43 bits per heavy atom. The van der Waals surface area contributed by atoms with Crippen molar-refractivity contribution in [1.29, 1.82) is 0 Å². The van der Waals surface area contributed by atoms with E-state index in [1.807, 2.05) is 0 Å². The Hall–Kier alpha value is -8.20. The van der Waals surface area contributed by atoms with Crippen molar-refractivity contribution >= 4 is 21.5 Å². The molecule has 0 spiro atoms. The van der Waals surface area contributed by atoms with E-state index in [0.717, 1.165) is 50.0 Å². The highest BCUT2D eigenvalue weighted by atomic mass is 14.9. The second-order valence-electron chi connectivity index (χ2n) is 16.4. The molecule has 0 radical (unpaired) electrons. The van der Waals surface area contributed by atoms with Crippen LogP contribution >= 0.6 is 0 Å². The van der Waals surface area contributed by atoms with Crippen LogP contribution in [0.1, 0.15) is 22.3 Å². The largest absolute Gasteiger partial charge is 0.228 e. The van der Waals surface area contributed by atoms with Gasteiger partial charge in [0.1, 0.15) is 0 Å². The van der Waals surface area contributed by atoms with Crippen molar-refractivity contribution in [2.24, 2.45) is 0 Å². The van der Waals surface area contributed by atoms with Crippen LogP contribution in [-0.4, -0.2) is 9.97 Å². The molecule has 12 rings (SSSR count). The summed E-state index contributed by atoms with van der Waals surface area (Å²) in [6.45, 7) is 0. The lowest BCUT2D eigenvalue weighted by Gasteiger charge is -2.35. The first-order valence-corrected chi connectivity index (χ1v) is 21.7. The molecular weight excluding hydrogens is 761 g/mol. The number of rotatable bonds is 7. The summed E-state index contributed by atoms with van der Waals surface area (Å²) in [7, 11) is 0. The van der Waals surface area contributed by atoms with Crippen molar-refractivity contribution in [3.05, 3.63) is 265 Å². The molecule has 1 aliphatic carbocycles. The van der Waals surface area contributed by atoms with Crippen LogP contribution < -0.4 is 0 Å². The minimum absolute atomic E-state index is 0.582. The Morgan fingerprint density at radius 2 is 0.762 bits per heavy atom. The summed E-state index contributed by atoms with van der Waals surface area (Å²) in [6.07, 6.45) is 0. The van der Waals surface area contributed by atoms with Crippen molar-refractivity contribution in [2.45, 2.75) is 5.41 Å². The van der Waals surface area contributed by atoms with Gasteiger partial charge in [-0.25, -0.2) is 9.97 Å². The van der Waals surface area contributed by atoms with E-state index in [-0.39, 0.29) is 0 Å². The van der Waals surface area contributed by atoms with E-state index in [1.54, 1.807) is 0 Å². The summed E-state index contributed by atoms with van der Waals surface area (Å²) in [5, 5.41) is 4.73. The van der Waals surface area contributed by atoms with Crippen LogP contribution in [0, 0.1) is 0 Å². The van der Waals surface area contributed by atoms with Crippen molar-refractivity contribution in [1.82, 2.24) is 9.97 Å². The second-order valence-corrected chi connectivity index (χ2v) is 16.4. The average molecular weight is 801 g/mol. The molecule has 0 N–H and O–H groups in total. The molecule has 2 nitrogen and oxygen atoms in total. The van der Waals surface area contributed by atoms with E-state index < -0.39 is 5.41 Å². The van der Waals surface area contributed by atoms with Gasteiger partial charge in [0.15, 0.2) is 5.82 Å². The van der Waals surface area contributed by atoms with E-state index in [2.05, 4.69) is 243 Å². The average Bonchev–Trinajstić information content (AvgIpc) is 3.66. The summed E-state index contributed by atoms with van der Waals surface area (Å²) >= 11 is 0. The topological polar surface area (TPSA) is 25.8 Å². The predicted octanol–water partition coefficient (Wildman–Crippen LogP) is 15.5. The maximum Gasteiger partial charge on any atom is 0.161 e. The van der Waals surface area contributed by atoms with Gasteiger partial charge in [0.05, 0.1) is 16.8 Å².